The number of halogens is 2. The Morgan fingerprint density at radius 1 is 1.05 bits per heavy atom. The van der Waals surface area contributed by atoms with Gasteiger partial charge in [0.1, 0.15) is 0 Å². The largest absolute Gasteiger partial charge is 0.467 e. The van der Waals surface area contributed by atoms with Crippen molar-refractivity contribution in [3.05, 3.63) is 74.6 Å². The third-order valence-corrected chi connectivity index (χ3v) is 12.5. The summed E-state index contributed by atoms with van der Waals surface area (Å²) in [5, 5.41) is 4.54. The Balaban J connectivity index is 1.94. The van der Waals surface area contributed by atoms with Gasteiger partial charge in [-0.3, -0.25) is 14.2 Å². The lowest BCUT2D eigenvalue weighted by molar-refractivity contribution is -0.145. The van der Waals surface area contributed by atoms with E-state index in [0.717, 1.165) is 0 Å². The molecule has 0 spiro atoms. The van der Waals surface area contributed by atoms with Crippen LogP contribution in [0.15, 0.2) is 53.5 Å². The molecule has 38 heavy (non-hydrogen) atoms. The normalized spacial score (nSPS) is 13.7. The molecule has 0 aliphatic rings. The minimum Gasteiger partial charge on any atom is -0.467 e. The van der Waals surface area contributed by atoms with E-state index in [0.29, 0.717) is 32.1 Å². The highest BCUT2D eigenvalue weighted by Gasteiger charge is 2.38. The standard InChI is InChI=1S/C28H34Cl2N2O5Si/c1-17(18-11-12-21(29)22(30)15-18)25(33)31-23-10-8-9-20-19(23)13-14-32(26(20)34)24(27(35)36-5)16-37-38(6,7)28(2,3)4/h8-15,17,24H,16H2,1-7H3,(H,31,33). The SMILES string of the molecule is COC(=O)C(CO[Si](C)(C)C(C)(C)C)n1ccc2c(NC(=O)C(C)c3ccc(Cl)c(Cl)c3)cccc2c1=O. The van der Waals surface area contributed by atoms with Gasteiger partial charge < -0.3 is 14.5 Å². The fourth-order valence-electron chi connectivity index (χ4n) is 3.72. The van der Waals surface area contributed by atoms with Gasteiger partial charge in [0, 0.05) is 22.7 Å². The highest BCUT2D eigenvalue weighted by Crippen LogP contribution is 2.37. The molecule has 1 heterocycles. The van der Waals surface area contributed by atoms with Crippen LogP contribution in [-0.4, -0.2) is 38.5 Å². The quantitative estimate of drug-likeness (QED) is 0.236. The number of anilines is 1. The number of fused-ring (bicyclic) bond motifs is 1. The van der Waals surface area contributed by atoms with E-state index < -0.39 is 26.2 Å². The molecule has 3 rings (SSSR count). The third-order valence-electron chi connectivity index (χ3n) is 7.28. The number of hydrogen-bond acceptors (Lipinski definition) is 5. The maximum Gasteiger partial charge on any atom is 0.331 e. The molecule has 0 saturated heterocycles. The van der Waals surface area contributed by atoms with Crippen LogP contribution in [-0.2, 0) is 18.8 Å². The lowest BCUT2D eigenvalue weighted by atomic mass is 10.00. The van der Waals surface area contributed by atoms with Gasteiger partial charge in [-0.05, 0) is 61.0 Å². The molecular weight excluding hydrogens is 543 g/mol. The Hall–Kier alpha value is -2.65. The molecule has 0 saturated carbocycles. The number of carbonyl (C=O) groups excluding carboxylic acids is 2. The topological polar surface area (TPSA) is 86.6 Å². The van der Waals surface area contributed by atoms with Crippen molar-refractivity contribution in [1.29, 1.82) is 0 Å². The smallest absolute Gasteiger partial charge is 0.331 e. The van der Waals surface area contributed by atoms with E-state index in [4.69, 9.17) is 32.4 Å². The maximum atomic E-state index is 13.5. The Kier molecular flexibility index (Phi) is 9.14. The van der Waals surface area contributed by atoms with Crippen molar-refractivity contribution in [3.63, 3.8) is 0 Å². The van der Waals surface area contributed by atoms with Gasteiger partial charge in [0.05, 0.1) is 29.7 Å². The van der Waals surface area contributed by atoms with Gasteiger partial charge in [-0.1, -0.05) is 56.1 Å². The highest BCUT2D eigenvalue weighted by molar-refractivity contribution is 6.74. The summed E-state index contributed by atoms with van der Waals surface area (Å²) in [7, 11) is -0.901. The van der Waals surface area contributed by atoms with Gasteiger partial charge in [0.25, 0.3) is 5.56 Å². The average Bonchev–Trinajstić information content (AvgIpc) is 2.85. The van der Waals surface area contributed by atoms with Gasteiger partial charge in [-0.15, -0.1) is 0 Å². The van der Waals surface area contributed by atoms with Crippen molar-refractivity contribution < 1.29 is 18.8 Å². The van der Waals surface area contributed by atoms with Crippen LogP contribution in [0.3, 0.4) is 0 Å². The van der Waals surface area contributed by atoms with E-state index in [1.165, 1.54) is 11.7 Å². The zero-order chi connectivity index (χ0) is 28.4. The molecule has 1 aromatic heterocycles. The molecule has 7 nitrogen and oxygen atoms in total. The number of nitrogens with one attached hydrogen (secondary N) is 1. The number of esters is 1. The minimum absolute atomic E-state index is 0.0200. The van der Waals surface area contributed by atoms with Gasteiger partial charge in [-0.2, -0.15) is 0 Å². The molecule has 1 amide bonds. The summed E-state index contributed by atoms with van der Waals surface area (Å²) in [6.07, 6.45) is 1.54. The van der Waals surface area contributed by atoms with Crippen LogP contribution in [0.2, 0.25) is 28.2 Å². The summed E-state index contributed by atoms with van der Waals surface area (Å²) in [6.45, 7) is 12.3. The number of pyridine rings is 1. The fraction of sp³-hybridized carbons (Fsp3) is 0.393. The van der Waals surface area contributed by atoms with E-state index in [9.17, 15) is 14.4 Å². The minimum atomic E-state index is -2.19. The predicted octanol–water partition coefficient (Wildman–Crippen LogP) is 6.79. The monoisotopic (exact) mass is 576 g/mol. The average molecular weight is 578 g/mol. The van der Waals surface area contributed by atoms with Crippen LogP contribution >= 0.6 is 23.2 Å². The van der Waals surface area contributed by atoms with Crippen molar-refractivity contribution >= 4 is 59.9 Å². The van der Waals surface area contributed by atoms with E-state index in [1.807, 2.05) is 0 Å². The number of methoxy groups -OCH3 is 1. The highest BCUT2D eigenvalue weighted by atomic mass is 35.5. The van der Waals surface area contributed by atoms with E-state index in [-0.39, 0.29) is 23.1 Å². The first-order valence-corrected chi connectivity index (χ1v) is 16.0. The molecule has 2 unspecified atom stereocenters. The van der Waals surface area contributed by atoms with Crippen LogP contribution in [0.1, 0.15) is 45.2 Å². The second kappa shape index (κ2) is 11.6. The number of aromatic nitrogens is 1. The molecule has 10 heteroatoms. The Bertz CT molecular complexity index is 1410. The summed E-state index contributed by atoms with van der Waals surface area (Å²) in [5.74, 6) is -1.35. The third kappa shape index (κ3) is 6.31. The van der Waals surface area contributed by atoms with Gasteiger partial charge in [-0.25, -0.2) is 4.79 Å². The second-order valence-corrected chi connectivity index (χ2v) is 16.4. The number of nitrogens with zero attached hydrogens (tertiary/aromatic N) is 1. The lowest BCUT2D eigenvalue weighted by Gasteiger charge is -2.37. The molecular formula is C28H34Cl2N2O5Si. The Morgan fingerprint density at radius 2 is 1.74 bits per heavy atom. The first-order valence-electron chi connectivity index (χ1n) is 12.3. The Morgan fingerprint density at radius 3 is 2.34 bits per heavy atom. The molecule has 2 atom stereocenters. The molecule has 2 aromatic carbocycles. The summed E-state index contributed by atoms with van der Waals surface area (Å²) in [4.78, 5) is 39.3. The summed E-state index contributed by atoms with van der Waals surface area (Å²) in [5.41, 5.74) is 0.809. The number of rotatable bonds is 8. The molecule has 0 bridgehead atoms. The number of amides is 1. The fourth-order valence-corrected chi connectivity index (χ4v) is 5.04. The first-order chi connectivity index (χ1) is 17.7. The van der Waals surface area contributed by atoms with Gasteiger partial charge >= 0.3 is 5.97 Å². The first kappa shape index (κ1) is 29.9. The van der Waals surface area contributed by atoms with E-state index in [2.05, 4.69) is 39.2 Å². The van der Waals surface area contributed by atoms with Crippen LogP contribution < -0.4 is 10.9 Å². The van der Waals surface area contributed by atoms with Crippen LogP contribution in [0, 0.1) is 0 Å². The zero-order valence-corrected chi connectivity index (χ0v) is 25.2. The summed E-state index contributed by atoms with van der Waals surface area (Å²) >= 11 is 12.1. The molecule has 1 N–H and O–H groups in total. The molecule has 0 aliphatic carbocycles. The number of carbonyl (C=O) groups is 2. The predicted molar refractivity (Wildman–Crippen MR) is 156 cm³/mol. The molecule has 0 aliphatic heterocycles. The van der Waals surface area contributed by atoms with E-state index >= 15 is 0 Å². The number of hydrogen-bond donors (Lipinski definition) is 1. The summed E-state index contributed by atoms with van der Waals surface area (Å²) < 4.78 is 12.6. The molecule has 204 valence electrons. The lowest BCUT2D eigenvalue weighted by Crippen LogP contribution is -2.44. The Labute approximate surface area is 234 Å². The van der Waals surface area contributed by atoms with Crippen molar-refractivity contribution in [2.45, 2.75) is 57.8 Å². The van der Waals surface area contributed by atoms with Crippen LogP contribution in [0.4, 0.5) is 5.69 Å². The zero-order valence-electron chi connectivity index (χ0n) is 22.7. The van der Waals surface area contributed by atoms with E-state index in [1.54, 1.807) is 55.6 Å². The van der Waals surface area contributed by atoms with Crippen molar-refractivity contribution in [3.8, 4) is 0 Å². The number of benzene rings is 2. The van der Waals surface area contributed by atoms with Crippen molar-refractivity contribution in [1.82, 2.24) is 4.57 Å². The molecule has 3 aromatic rings. The van der Waals surface area contributed by atoms with Crippen molar-refractivity contribution in [2.75, 3.05) is 19.0 Å². The van der Waals surface area contributed by atoms with Gasteiger partial charge in [0.15, 0.2) is 14.4 Å². The van der Waals surface area contributed by atoms with Crippen molar-refractivity contribution in [2.24, 2.45) is 0 Å². The molecule has 0 radical (unpaired) electrons. The van der Waals surface area contributed by atoms with Crippen LogP contribution in [0.5, 0.6) is 0 Å². The molecule has 0 fully saturated rings. The second-order valence-electron chi connectivity index (χ2n) is 10.8. The van der Waals surface area contributed by atoms with Gasteiger partial charge in [0.2, 0.25) is 5.91 Å². The number of ether oxygens (including phenoxy) is 1. The summed E-state index contributed by atoms with van der Waals surface area (Å²) in [6, 6.07) is 10.9. The maximum absolute atomic E-state index is 13.5. The van der Waals surface area contributed by atoms with Crippen LogP contribution in [0.25, 0.3) is 10.8 Å².